The molecule has 0 radical (unpaired) electrons. The van der Waals surface area contributed by atoms with Crippen LogP contribution in [-0.2, 0) is 20.9 Å². The summed E-state index contributed by atoms with van der Waals surface area (Å²) in [5.41, 5.74) is 2.05. The Morgan fingerprint density at radius 2 is 1.65 bits per heavy atom. The molecule has 0 saturated heterocycles. The SMILES string of the molecule is COCc1ccc(C(=O)OC(C)C(=O)NC(C)c2ccc(F)cc2)cc1. The van der Waals surface area contributed by atoms with Crippen LogP contribution in [0.2, 0.25) is 0 Å². The van der Waals surface area contributed by atoms with Crippen molar-refractivity contribution < 1.29 is 23.5 Å². The van der Waals surface area contributed by atoms with Crippen molar-refractivity contribution in [2.45, 2.75) is 32.6 Å². The van der Waals surface area contributed by atoms with Gasteiger partial charge in [-0.05, 0) is 49.2 Å². The summed E-state index contributed by atoms with van der Waals surface area (Å²) < 4.78 is 23.2. The van der Waals surface area contributed by atoms with E-state index in [1.54, 1.807) is 50.4 Å². The average Bonchev–Trinajstić information content (AvgIpc) is 2.63. The summed E-state index contributed by atoms with van der Waals surface area (Å²) in [6, 6.07) is 12.3. The van der Waals surface area contributed by atoms with E-state index < -0.39 is 18.0 Å². The van der Waals surface area contributed by atoms with Gasteiger partial charge < -0.3 is 14.8 Å². The molecule has 6 heteroatoms. The Morgan fingerprint density at radius 3 is 2.23 bits per heavy atom. The van der Waals surface area contributed by atoms with Gasteiger partial charge in [-0.1, -0.05) is 24.3 Å². The number of nitrogens with one attached hydrogen (secondary N) is 1. The van der Waals surface area contributed by atoms with Gasteiger partial charge in [-0.3, -0.25) is 4.79 Å². The molecule has 1 N–H and O–H groups in total. The number of halogens is 1. The summed E-state index contributed by atoms with van der Waals surface area (Å²) in [6.07, 6.45) is -0.955. The van der Waals surface area contributed by atoms with Crippen LogP contribution in [0.1, 0.15) is 41.4 Å². The smallest absolute Gasteiger partial charge is 0.338 e. The third kappa shape index (κ3) is 5.39. The van der Waals surface area contributed by atoms with Crippen molar-refractivity contribution in [2.75, 3.05) is 7.11 Å². The molecule has 0 heterocycles. The fourth-order valence-electron chi connectivity index (χ4n) is 2.35. The minimum Gasteiger partial charge on any atom is -0.449 e. The Balaban J connectivity index is 1.91. The molecule has 0 saturated carbocycles. The Bertz CT molecular complexity index is 743. The molecule has 0 fully saturated rings. The minimum atomic E-state index is -0.955. The van der Waals surface area contributed by atoms with Gasteiger partial charge in [0.15, 0.2) is 6.10 Å². The quantitative estimate of drug-likeness (QED) is 0.770. The number of rotatable bonds is 7. The highest BCUT2D eigenvalue weighted by Crippen LogP contribution is 2.14. The maximum atomic E-state index is 13.0. The molecule has 2 aromatic carbocycles. The second-order valence-corrected chi connectivity index (χ2v) is 5.96. The lowest BCUT2D eigenvalue weighted by atomic mass is 10.1. The van der Waals surface area contributed by atoms with Crippen LogP contribution in [0.25, 0.3) is 0 Å². The first-order valence-corrected chi connectivity index (χ1v) is 8.25. The number of benzene rings is 2. The van der Waals surface area contributed by atoms with Crippen molar-refractivity contribution >= 4 is 11.9 Å². The van der Waals surface area contributed by atoms with E-state index >= 15 is 0 Å². The van der Waals surface area contributed by atoms with Gasteiger partial charge in [0.1, 0.15) is 5.82 Å². The van der Waals surface area contributed by atoms with Crippen LogP contribution in [0.4, 0.5) is 4.39 Å². The lowest BCUT2D eigenvalue weighted by Crippen LogP contribution is -2.37. The Labute approximate surface area is 152 Å². The van der Waals surface area contributed by atoms with E-state index in [-0.39, 0.29) is 11.9 Å². The molecule has 138 valence electrons. The molecule has 2 atom stereocenters. The van der Waals surface area contributed by atoms with Crippen molar-refractivity contribution in [3.63, 3.8) is 0 Å². The summed E-state index contributed by atoms with van der Waals surface area (Å²) in [6.45, 7) is 3.73. The highest BCUT2D eigenvalue weighted by atomic mass is 19.1. The second-order valence-electron chi connectivity index (χ2n) is 5.96. The van der Waals surface area contributed by atoms with Crippen molar-refractivity contribution in [3.8, 4) is 0 Å². The second kappa shape index (κ2) is 9.10. The maximum Gasteiger partial charge on any atom is 0.338 e. The van der Waals surface area contributed by atoms with Gasteiger partial charge in [0.25, 0.3) is 5.91 Å². The summed E-state index contributed by atoms with van der Waals surface area (Å²) in [4.78, 5) is 24.4. The molecule has 0 bridgehead atoms. The van der Waals surface area contributed by atoms with Gasteiger partial charge in [0.2, 0.25) is 0 Å². The topological polar surface area (TPSA) is 64.6 Å². The van der Waals surface area contributed by atoms with E-state index in [4.69, 9.17) is 9.47 Å². The Kier molecular flexibility index (Phi) is 6.86. The summed E-state index contributed by atoms with van der Waals surface area (Å²) in [5, 5.41) is 2.74. The third-order valence-electron chi connectivity index (χ3n) is 3.88. The largest absolute Gasteiger partial charge is 0.449 e. The number of ether oxygens (including phenoxy) is 2. The zero-order valence-corrected chi connectivity index (χ0v) is 15.0. The molecule has 5 nitrogen and oxygen atoms in total. The average molecular weight is 359 g/mol. The van der Waals surface area contributed by atoms with Crippen molar-refractivity contribution in [3.05, 3.63) is 71.0 Å². The molecule has 0 aliphatic carbocycles. The molecule has 1 amide bonds. The van der Waals surface area contributed by atoms with Crippen molar-refractivity contribution in [1.82, 2.24) is 5.32 Å². The van der Waals surface area contributed by atoms with Crippen molar-refractivity contribution in [1.29, 1.82) is 0 Å². The summed E-state index contributed by atoms with van der Waals surface area (Å²) >= 11 is 0. The van der Waals surface area contributed by atoms with E-state index in [9.17, 15) is 14.0 Å². The van der Waals surface area contributed by atoms with E-state index in [1.807, 2.05) is 0 Å². The number of methoxy groups -OCH3 is 1. The van der Waals surface area contributed by atoms with E-state index in [2.05, 4.69) is 5.32 Å². The van der Waals surface area contributed by atoms with Crippen LogP contribution >= 0.6 is 0 Å². The number of amides is 1. The molecular weight excluding hydrogens is 337 g/mol. The fraction of sp³-hybridized carbons (Fsp3) is 0.300. The molecule has 0 aromatic heterocycles. The van der Waals surface area contributed by atoms with Crippen LogP contribution < -0.4 is 5.32 Å². The normalized spacial score (nSPS) is 12.9. The number of hydrogen-bond acceptors (Lipinski definition) is 4. The first-order chi connectivity index (χ1) is 12.4. The molecule has 0 aliphatic heterocycles. The lowest BCUT2D eigenvalue weighted by Gasteiger charge is -2.18. The van der Waals surface area contributed by atoms with E-state index in [1.165, 1.54) is 19.1 Å². The monoisotopic (exact) mass is 359 g/mol. The van der Waals surface area contributed by atoms with E-state index in [0.29, 0.717) is 12.2 Å². The zero-order chi connectivity index (χ0) is 19.1. The molecule has 2 aromatic rings. The zero-order valence-electron chi connectivity index (χ0n) is 15.0. The standard InChI is InChI=1S/C20H22FNO4/c1-13(16-8-10-18(21)11-9-16)22-19(23)14(2)26-20(24)17-6-4-15(5-7-17)12-25-3/h4-11,13-14H,12H2,1-3H3,(H,22,23). The predicted molar refractivity (Wildman–Crippen MR) is 95.0 cm³/mol. The highest BCUT2D eigenvalue weighted by Gasteiger charge is 2.21. The summed E-state index contributed by atoms with van der Waals surface area (Å²) in [7, 11) is 1.59. The number of carbonyl (C=O) groups excluding carboxylic acids is 2. The van der Waals surface area contributed by atoms with Crippen LogP contribution in [-0.4, -0.2) is 25.1 Å². The van der Waals surface area contributed by atoms with Crippen LogP contribution in [0.15, 0.2) is 48.5 Å². The van der Waals surface area contributed by atoms with Gasteiger partial charge >= 0.3 is 5.97 Å². The number of carbonyl (C=O) groups is 2. The van der Waals surface area contributed by atoms with Crippen LogP contribution in [0.5, 0.6) is 0 Å². The van der Waals surface area contributed by atoms with Crippen molar-refractivity contribution in [2.24, 2.45) is 0 Å². The molecule has 0 spiro atoms. The summed E-state index contributed by atoms with van der Waals surface area (Å²) in [5.74, 6) is -1.34. The predicted octanol–water partition coefficient (Wildman–Crippen LogP) is 3.39. The molecule has 0 aliphatic rings. The Morgan fingerprint density at radius 1 is 1.04 bits per heavy atom. The number of esters is 1. The molecule has 2 unspecified atom stereocenters. The number of hydrogen-bond donors (Lipinski definition) is 1. The highest BCUT2D eigenvalue weighted by molar-refractivity contribution is 5.92. The van der Waals surface area contributed by atoms with Crippen LogP contribution in [0.3, 0.4) is 0 Å². The van der Waals surface area contributed by atoms with Crippen LogP contribution in [0, 0.1) is 5.82 Å². The minimum absolute atomic E-state index is 0.336. The lowest BCUT2D eigenvalue weighted by molar-refractivity contribution is -0.129. The van der Waals surface area contributed by atoms with Gasteiger partial charge in [0.05, 0.1) is 18.2 Å². The molecule has 26 heavy (non-hydrogen) atoms. The first-order valence-electron chi connectivity index (χ1n) is 8.25. The first kappa shape index (κ1) is 19.6. The third-order valence-corrected chi connectivity index (χ3v) is 3.88. The fourth-order valence-corrected chi connectivity index (χ4v) is 2.35. The maximum absolute atomic E-state index is 13.0. The molecule has 2 rings (SSSR count). The van der Waals surface area contributed by atoms with E-state index in [0.717, 1.165) is 11.1 Å². The Hall–Kier alpha value is -2.73. The van der Waals surface area contributed by atoms with Gasteiger partial charge in [-0.25, -0.2) is 9.18 Å². The van der Waals surface area contributed by atoms with Gasteiger partial charge in [-0.15, -0.1) is 0 Å². The van der Waals surface area contributed by atoms with Gasteiger partial charge in [0, 0.05) is 7.11 Å². The van der Waals surface area contributed by atoms with Gasteiger partial charge in [-0.2, -0.15) is 0 Å². The molecular formula is C20H22FNO4.